The molecule has 0 spiro atoms. The topological polar surface area (TPSA) is 129 Å². The fourth-order valence-corrected chi connectivity index (χ4v) is 4.80. The van der Waals surface area contributed by atoms with E-state index in [4.69, 9.17) is 13.9 Å². The monoisotopic (exact) mass is 505 g/mol. The molecule has 35 heavy (non-hydrogen) atoms. The molecule has 2 aromatic carbocycles. The van der Waals surface area contributed by atoms with Gasteiger partial charge < -0.3 is 19.2 Å². The van der Waals surface area contributed by atoms with Crippen molar-refractivity contribution in [2.75, 3.05) is 18.5 Å². The third-order valence-electron chi connectivity index (χ3n) is 5.21. The molecule has 0 saturated carbocycles. The van der Waals surface area contributed by atoms with Gasteiger partial charge in [0.05, 0.1) is 29.3 Å². The zero-order chi connectivity index (χ0) is 25.8. The molecule has 2 N–H and O–H groups in total. The molecular weight excluding hydrogens is 474 g/mol. The first-order chi connectivity index (χ1) is 16.6. The SMILES string of the molecule is CCOc1ccc(OCC)c(NC(=O)[C@@H](CC(C)C)NS(=O)(=O)c2ccc3c(c2)oc(=O)n3C)c1. The van der Waals surface area contributed by atoms with Crippen LogP contribution in [0.2, 0.25) is 0 Å². The van der Waals surface area contributed by atoms with Crippen LogP contribution in [0.1, 0.15) is 34.1 Å². The molecule has 3 aromatic rings. The van der Waals surface area contributed by atoms with Gasteiger partial charge in [-0.05, 0) is 50.5 Å². The Morgan fingerprint density at radius 3 is 2.46 bits per heavy atom. The fraction of sp³-hybridized carbons (Fsp3) is 0.417. The van der Waals surface area contributed by atoms with Gasteiger partial charge in [-0.2, -0.15) is 4.72 Å². The third kappa shape index (κ3) is 6.23. The lowest BCUT2D eigenvalue weighted by Gasteiger charge is -2.21. The molecule has 0 unspecified atom stereocenters. The number of hydrogen-bond acceptors (Lipinski definition) is 7. The number of sulfonamides is 1. The van der Waals surface area contributed by atoms with E-state index < -0.39 is 27.7 Å². The van der Waals surface area contributed by atoms with Crippen molar-refractivity contribution >= 4 is 32.7 Å². The molecule has 1 heterocycles. The van der Waals surface area contributed by atoms with Crippen molar-refractivity contribution in [1.82, 2.24) is 9.29 Å². The van der Waals surface area contributed by atoms with Crippen LogP contribution in [0.15, 0.2) is 50.5 Å². The first-order valence-corrected chi connectivity index (χ1v) is 12.9. The second-order valence-electron chi connectivity index (χ2n) is 8.37. The van der Waals surface area contributed by atoms with Crippen molar-refractivity contribution < 1.29 is 27.1 Å². The molecule has 3 rings (SSSR count). The van der Waals surface area contributed by atoms with E-state index in [1.165, 1.54) is 29.8 Å². The second kappa shape index (κ2) is 11.0. The Labute approximate surface area is 204 Å². The number of rotatable bonds is 11. The Kier molecular flexibility index (Phi) is 8.23. The number of aromatic nitrogens is 1. The molecule has 0 aliphatic carbocycles. The number of fused-ring (bicyclic) bond motifs is 1. The molecule has 0 fully saturated rings. The molecule has 0 bridgehead atoms. The maximum absolute atomic E-state index is 13.2. The van der Waals surface area contributed by atoms with E-state index >= 15 is 0 Å². The average Bonchev–Trinajstić information content (AvgIpc) is 3.08. The summed E-state index contributed by atoms with van der Waals surface area (Å²) in [5, 5.41) is 2.78. The van der Waals surface area contributed by atoms with Crippen molar-refractivity contribution in [3.8, 4) is 11.5 Å². The molecule has 10 nitrogen and oxygen atoms in total. The number of carbonyl (C=O) groups excluding carboxylic acids is 1. The molecule has 11 heteroatoms. The van der Waals surface area contributed by atoms with E-state index in [1.54, 1.807) is 18.2 Å². The first-order valence-electron chi connectivity index (χ1n) is 11.4. The van der Waals surface area contributed by atoms with Crippen LogP contribution in [0.25, 0.3) is 11.1 Å². The summed E-state index contributed by atoms with van der Waals surface area (Å²) in [6, 6.07) is 8.11. The zero-order valence-electron chi connectivity index (χ0n) is 20.5. The minimum absolute atomic E-state index is 0.0178. The summed E-state index contributed by atoms with van der Waals surface area (Å²) in [7, 11) is -2.58. The highest BCUT2D eigenvalue weighted by atomic mass is 32.2. The van der Waals surface area contributed by atoms with E-state index in [0.29, 0.717) is 35.9 Å². The molecule has 0 saturated heterocycles. The summed E-state index contributed by atoms with van der Waals surface area (Å²) in [5.74, 6) is -0.128. The van der Waals surface area contributed by atoms with Crippen LogP contribution >= 0.6 is 0 Å². The van der Waals surface area contributed by atoms with Gasteiger partial charge in [-0.3, -0.25) is 9.36 Å². The van der Waals surface area contributed by atoms with Crippen molar-refractivity contribution in [2.45, 2.75) is 45.1 Å². The van der Waals surface area contributed by atoms with Crippen LogP contribution in [-0.4, -0.2) is 38.1 Å². The minimum Gasteiger partial charge on any atom is -0.494 e. The molecule has 190 valence electrons. The maximum atomic E-state index is 13.2. The number of amides is 1. The smallest absolute Gasteiger partial charge is 0.419 e. The zero-order valence-corrected chi connectivity index (χ0v) is 21.3. The molecule has 0 radical (unpaired) electrons. The van der Waals surface area contributed by atoms with E-state index in [-0.39, 0.29) is 22.8 Å². The summed E-state index contributed by atoms with van der Waals surface area (Å²) in [4.78, 5) is 24.9. The lowest BCUT2D eigenvalue weighted by Crippen LogP contribution is -2.44. The quantitative estimate of drug-likeness (QED) is 0.409. The van der Waals surface area contributed by atoms with Gasteiger partial charge in [-0.1, -0.05) is 13.8 Å². The molecule has 0 aliphatic heterocycles. The largest absolute Gasteiger partial charge is 0.494 e. The third-order valence-corrected chi connectivity index (χ3v) is 6.68. The highest BCUT2D eigenvalue weighted by Gasteiger charge is 2.28. The summed E-state index contributed by atoms with van der Waals surface area (Å²) in [6.45, 7) is 8.28. The van der Waals surface area contributed by atoms with Crippen molar-refractivity contribution in [3.05, 3.63) is 46.9 Å². The van der Waals surface area contributed by atoms with E-state index in [9.17, 15) is 18.0 Å². The Morgan fingerprint density at radius 2 is 1.80 bits per heavy atom. The number of carbonyl (C=O) groups is 1. The van der Waals surface area contributed by atoms with Crippen molar-refractivity contribution in [3.63, 3.8) is 0 Å². The van der Waals surface area contributed by atoms with Gasteiger partial charge in [0.1, 0.15) is 17.5 Å². The number of hydrogen-bond donors (Lipinski definition) is 2. The normalized spacial score (nSPS) is 12.6. The molecule has 1 atom stereocenters. The standard InChI is InChI=1S/C24H31N3O7S/c1-6-32-16-8-11-21(33-7-2)18(13-16)25-23(28)19(12-15(3)4)26-35(30,31)17-9-10-20-22(14-17)34-24(29)27(20)5/h8-11,13-15,19,26H,6-7,12H2,1-5H3,(H,25,28)/t19-/m1/s1. The Hall–Kier alpha value is -3.31. The highest BCUT2D eigenvalue weighted by molar-refractivity contribution is 7.89. The van der Waals surface area contributed by atoms with Gasteiger partial charge in [-0.15, -0.1) is 0 Å². The number of ether oxygens (including phenoxy) is 2. The van der Waals surface area contributed by atoms with E-state index in [2.05, 4.69) is 10.0 Å². The number of oxazole rings is 1. The molecule has 1 amide bonds. The van der Waals surface area contributed by atoms with E-state index in [1.807, 2.05) is 27.7 Å². The maximum Gasteiger partial charge on any atom is 0.419 e. The molecular formula is C24H31N3O7S. The molecule has 1 aromatic heterocycles. The summed E-state index contributed by atoms with van der Waals surface area (Å²) in [6.07, 6.45) is 0.253. The van der Waals surface area contributed by atoms with Gasteiger partial charge in [0.2, 0.25) is 15.9 Å². The first kappa shape index (κ1) is 26.3. The predicted molar refractivity (Wildman–Crippen MR) is 132 cm³/mol. The van der Waals surface area contributed by atoms with Crippen LogP contribution < -0.4 is 25.3 Å². The number of benzene rings is 2. The lowest BCUT2D eigenvalue weighted by molar-refractivity contribution is -0.118. The number of nitrogens with zero attached hydrogens (tertiary/aromatic N) is 1. The van der Waals surface area contributed by atoms with Gasteiger partial charge >= 0.3 is 5.76 Å². The Balaban J connectivity index is 1.89. The summed E-state index contributed by atoms with van der Waals surface area (Å²) in [5.41, 5.74) is 0.977. The van der Waals surface area contributed by atoms with Crippen LogP contribution in [0.4, 0.5) is 5.69 Å². The van der Waals surface area contributed by atoms with Gasteiger partial charge in [0, 0.05) is 19.2 Å². The summed E-state index contributed by atoms with van der Waals surface area (Å²) >= 11 is 0. The van der Waals surface area contributed by atoms with Gasteiger partial charge in [0.15, 0.2) is 5.58 Å². The van der Waals surface area contributed by atoms with E-state index in [0.717, 1.165) is 0 Å². The second-order valence-corrected chi connectivity index (χ2v) is 10.1. The average molecular weight is 506 g/mol. The number of aryl methyl sites for hydroxylation is 1. The lowest BCUT2D eigenvalue weighted by atomic mass is 10.0. The highest BCUT2D eigenvalue weighted by Crippen LogP contribution is 2.30. The minimum atomic E-state index is -4.11. The van der Waals surface area contributed by atoms with Crippen LogP contribution in [0.3, 0.4) is 0 Å². The Bertz CT molecular complexity index is 1360. The summed E-state index contributed by atoms with van der Waals surface area (Å²) < 4.78 is 46.3. The molecule has 0 aliphatic rings. The van der Waals surface area contributed by atoms with Gasteiger partial charge in [0.25, 0.3) is 0 Å². The predicted octanol–water partition coefficient (Wildman–Crippen LogP) is 3.26. The number of nitrogens with one attached hydrogen (secondary N) is 2. The number of anilines is 1. The fourth-order valence-electron chi connectivity index (χ4n) is 3.58. The van der Waals surface area contributed by atoms with Crippen LogP contribution in [0.5, 0.6) is 11.5 Å². The Morgan fingerprint density at radius 1 is 1.09 bits per heavy atom. The van der Waals surface area contributed by atoms with Gasteiger partial charge in [-0.25, -0.2) is 13.2 Å². The van der Waals surface area contributed by atoms with Crippen molar-refractivity contribution in [2.24, 2.45) is 13.0 Å². The van der Waals surface area contributed by atoms with Crippen molar-refractivity contribution in [1.29, 1.82) is 0 Å². The van der Waals surface area contributed by atoms with Crippen LogP contribution in [-0.2, 0) is 21.9 Å². The van der Waals surface area contributed by atoms with Crippen LogP contribution in [0, 0.1) is 5.92 Å².